The number of fused-ring (bicyclic) bond motifs is 1. The molecule has 1 unspecified atom stereocenters. The van der Waals surface area contributed by atoms with E-state index in [0.29, 0.717) is 0 Å². The molecule has 2 aromatic carbocycles. The van der Waals surface area contributed by atoms with Crippen LogP contribution >= 0.6 is 0 Å². The minimum atomic E-state index is -0.643. The summed E-state index contributed by atoms with van der Waals surface area (Å²) < 4.78 is 11.8. The zero-order valence-corrected chi connectivity index (χ0v) is 10.4. The molecule has 0 bridgehead atoms. The monoisotopic (exact) mass is 240 g/mol. The second kappa shape index (κ2) is 4.46. The Kier molecular flexibility index (Phi) is 2.80. The van der Waals surface area contributed by atoms with Crippen molar-refractivity contribution in [3.8, 4) is 5.75 Å². The van der Waals surface area contributed by atoms with Gasteiger partial charge in [0.1, 0.15) is 5.75 Å². The van der Waals surface area contributed by atoms with Crippen molar-refractivity contribution >= 4 is 0 Å². The summed E-state index contributed by atoms with van der Waals surface area (Å²) in [7, 11) is 1.71. The average Bonchev–Trinajstić information content (AvgIpc) is 2.47. The number of methoxy groups -OCH3 is 1. The first-order valence-corrected chi connectivity index (χ1v) is 6.22. The van der Waals surface area contributed by atoms with Gasteiger partial charge in [-0.05, 0) is 18.1 Å². The van der Waals surface area contributed by atoms with E-state index in [1.807, 2.05) is 36.4 Å². The van der Waals surface area contributed by atoms with Crippen molar-refractivity contribution in [2.75, 3.05) is 7.11 Å². The molecular formula is C16H16O2. The summed E-state index contributed by atoms with van der Waals surface area (Å²) in [6, 6.07) is 18.3. The zero-order chi connectivity index (χ0) is 12.4. The van der Waals surface area contributed by atoms with Crippen LogP contribution in [0.3, 0.4) is 0 Å². The molecule has 1 heterocycles. The van der Waals surface area contributed by atoms with Gasteiger partial charge in [0.05, 0.1) is 0 Å². The molecule has 0 amide bonds. The van der Waals surface area contributed by atoms with E-state index in [0.717, 1.165) is 24.2 Å². The Balaban J connectivity index is 2.01. The van der Waals surface area contributed by atoms with Gasteiger partial charge in [-0.2, -0.15) is 0 Å². The van der Waals surface area contributed by atoms with E-state index in [9.17, 15) is 0 Å². The van der Waals surface area contributed by atoms with Crippen LogP contribution in [0.4, 0.5) is 0 Å². The predicted molar refractivity (Wildman–Crippen MR) is 70.5 cm³/mol. The summed E-state index contributed by atoms with van der Waals surface area (Å²) in [5.74, 6) is 0.282. The standard InChI is InChI=1S/C16H16O2/c1-17-16(14-8-3-2-4-9-14)12-11-13-7-5-6-10-15(13)18-16/h2-10H,11-12H2,1H3. The van der Waals surface area contributed by atoms with Crippen LogP contribution in [0.1, 0.15) is 17.5 Å². The van der Waals surface area contributed by atoms with E-state index in [2.05, 4.69) is 18.2 Å². The second-order valence-corrected chi connectivity index (χ2v) is 4.53. The number of para-hydroxylation sites is 1. The molecule has 0 saturated carbocycles. The fourth-order valence-electron chi connectivity index (χ4n) is 2.49. The van der Waals surface area contributed by atoms with E-state index >= 15 is 0 Å². The molecule has 0 N–H and O–H groups in total. The molecule has 1 aliphatic heterocycles. The fourth-order valence-corrected chi connectivity index (χ4v) is 2.49. The third kappa shape index (κ3) is 1.79. The Morgan fingerprint density at radius 1 is 1.00 bits per heavy atom. The van der Waals surface area contributed by atoms with Crippen LogP contribution in [0.5, 0.6) is 5.75 Å². The van der Waals surface area contributed by atoms with Crippen LogP contribution in [0.25, 0.3) is 0 Å². The number of benzene rings is 2. The Hall–Kier alpha value is -1.80. The van der Waals surface area contributed by atoms with Crippen LogP contribution in [0.2, 0.25) is 0 Å². The molecule has 1 atom stereocenters. The molecular weight excluding hydrogens is 224 g/mol. The van der Waals surface area contributed by atoms with E-state index in [1.54, 1.807) is 7.11 Å². The van der Waals surface area contributed by atoms with Gasteiger partial charge in [-0.3, -0.25) is 0 Å². The molecule has 3 rings (SSSR count). The summed E-state index contributed by atoms with van der Waals surface area (Å²) in [4.78, 5) is 0. The van der Waals surface area contributed by atoms with E-state index in [-0.39, 0.29) is 0 Å². The third-order valence-electron chi connectivity index (χ3n) is 3.51. The van der Waals surface area contributed by atoms with Gasteiger partial charge in [-0.25, -0.2) is 0 Å². The maximum absolute atomic E-state index is 6.13. The normalized spacial score (nSPS) is 22.1. The Labute approximate surface area is 107 Å². The lowest BCUT2D eigenvalue weighted by atomic mass is 9.94. The van der Waals surface area contributed by atoms with Crippen molar-refractivity contribution < 1.29 is 9.47 Å². The number of rotatable bonds is 2. The summed E-state index contributed by atoms with van der Waals surface area (Å²) in [5, 5.41) is 0. The van der Waals surface area contributed by atoms with Crippen molar-refractivity contribution in [3.63, 3.8) is 0 Å². The SMILES string of the molecule is COC1(c2ccccc2)CCc2ccccc2O1. The lowest BCUT2D eigenvalue weighted by molar-refractivity contribution is -0.183. The van der Waals surface area contributed by atoms with Gasteiger partial charge in [-0.15, -0.1) is 0 Å². The highest BCUT2D eigenvalue weighted by Crippen LogP contribution is 2.39. The van der Waals surface area contributed by atoms with Gasteiger partial charge in [0.15, 0.2) is 0 Å². The lowest BCUT2D eigenvalue weighted by Crippen LogP contribution is -2.38. The minimum absolute atomic E-state index is 0.643. The van der Waals surface area contributed by atoms with Crippen LogP contribution in [-0.2, 0) is 16.9 Å². The smallest absolute Gasteiger partial charge is 0.237 e. The van der Waals surface area contributed by atoms with Gasteiger partial charge in [0.25, 0.3) is 0 Å². The summed E-state index contributed by atoms with van der Waals surface area (Å²) in [6.45, 7) is 0. The maximum atomic E-state index is 6.13. The first-order chi connectivity index (χ1) is 8.84. The molecule has 18 heavy (non-hydrogen) atoms. The molecule has 0 radical (unpaired) electrons. The van der Waals surface area contributed by atoms with E-state index in [1.165, 1.54) is 5.56 Å². The van der Waals surface area contributed by atoms with E-state index in [4.69, 9.17) is 9.47 Å². The molecule has 0 spiro atoms. The van der Waals surface area contributed by atoms with E-state index < -0.39 is 5.79 Å². The van der Waals surface area contributed by atoms with Crippen molar-refractivity contribution in [1.29, 1.82) is 0 Å². The van der Waals surface area contributed by atoms with Crippen LogP contribution in [-0.4, -0.2) is 7.11 Å². The Bertz CT molecular complexity index is 536. The third-order valence-corrected chi connectivity index (χ3v) is 3.51. The van der Waals surface area contributed by atoms with Crippen molar-refractivity contribution in [1.82, 2.24) is 0 Å². The van der Waals surface area contributed by atoms with Crippen molar-refractivity contribution in [2.24, 2.45) is 0 Å². The van der Waals surface area contributed by atoms with Gasteiger partial charge >= 0.3 is 0 Å². The van der Waals surface area contributed by atoms with Gasteiger partial charge in [0, 0.05) is 19.1 Å². The maximum Gasteiger partial charge on any atom is 0.237 e. The largest absolute Gasteiger partial charge is 0.458 e. The zero-order valence-electron chi connectivity index (χ0n) is 10.4. The predicted octanol–water partition coefficient (Wildman–Crippen LogP) is 3.51. The molecule has 2 aromatic rings. The van der Waals surface area contributed by atoms with Gasteiger partial charge in [0.2, 0.25) is 5.79 Å². The highest BCUT2D eigenvalue weighted by atomic mass is 16.7. The first kappa shape index (κ1) is 11.3. The Morgan fingerprint density at radius 2 is 1.72 bits per heavy atom. The summed E-state index contributed by atoms with van der Waals surface area (Å²) in [6.07, 6.45) is 1.81. The van der Waals surface area contributed by atoms with Crippen LogP contribution in [0, 0.1) is 0 Å². The number of hydrogen-bond acceptors (Lipinski definition) is 2. The lowest BCUT2D eigenvalue weighted by Gasteiger charge is -2.37. The van der Waals surface area contributed by atoms with Crippen LogP contribution < -0.4 is 4.74 Å². The van der Waals surface area contributed by atoms with Gasteiger partial charge in [-0.1, -0.05) is 48.5 Å². The molecule has 2 nitrogen and oxygen atoms in total. The number of ether oxygens (including phenoxy) is 2. The first-order valence-electron chi connectivity index (χ1n) is 6.22. The molecule has 0 aliphatic carbocycles. The average molecular weight is 240 g/mol. The molecule has 92 valence electrons. The fraction of sp³-hybridized carbons (Fsp3) is 0.250. The quantitative estimate of drug-likeness (QED) is 0.799. The van der Waals surface area contributed by atoms with Gasteiger partial charge < -0.3 is 9.47 Å². The molecule has 1 aliphatic rings. The molecule has 0 fully saturated rings. The van der Waals surface area contributed by atoms with Crippen molar-refractivity contribution in [2.45, 2.75) is 18.6 Å². The number of hydrogen-bond donors (Lipinski definition) is 0. The summed E-state index contributed by atoms with van der Waals surface area (Å²) >= 11 is 0. The summed E-state index contributed by atoms with van der Waals surface area (Å²) in [5.41, 5.74) is 2.32. The number of aryl methyl sites for hydroxylation is 1. The highest BCUT2D eigenvalue weighted by Gasteiger charge is 2.38. The molecule has 0 saturated heterocycles. The minimum Gasteiger partial charge on any atom is -0.458 e. The second-order valence-electron chi connectivity index (χ2n) is 4.53. The molecule has 0 aromatic heterocycles. The van der Waals surface area contributed by atoms with Crippen molar-refractivity contribution in [3.05, 3.63) is 65.7 Å². The molecule has 2 heteroatoms. The topological polar surface area (TPSA) is 18.5 Å². The Morgan fingerprint density at radius 3 is 2.50 bits per heavy atom. The van der Waals surface area contributed by atoms with Crippen LogP contribution in [0.15, 0.2) is 54.6 Å². The highest BCUT2D eigenvalue weighted by molar-refractivity contribution is 5.37.